The maximum absolute atomic E-state index is 8.94. The van der Waals surface area contributed by atoms with Gasteiger partial charge in [-0.05, 0) is 13.0 Å². The van der Waals surface area contributed by atoms with Crippen LogP contribution < -0.4 is 0 Å². The molecule has 0 saturated carbocycles. The van der Waals surface area contributed by atoms with E-state index in [0.29, 0.717) is 11.6 Å². The fourth-order valence-electron chi connectivity index (χ4n) is 1.29. The van der Waals surface area contributed by atoms with Crippen LogP contribution in [0.2, 0.25) is 0 Å². The lowest BCUT2D eigenvalue weighted by atomic mass is 10.3. The van der Waals surface area contributed by atoms with Crippen LogP contribution in [0.25, 0.3) is 5.82 Å². The van der Waals surface area contributed by atoms with Crippen LogP contribution in [0.1, 0.15) is 17.2 Å². The van der Waals surface area contributed by atoms with Gasteiger partial charge >= 0.3 is 0 Å². The average molecular weight is 210 g/mol. The molecule has 2 heterocycles. The third kappa shape index (κ3) is 1.49. The zero-order valence-corrected chi connectivity index (χ0v) is 8.42. The Bertz CT molecular complexity index is 613. The van der Waals surface area contributed by atoms with Gasteiger partial charge in [0.05, 0.1) is 0 Å². The van der Waals surface area contributed by atoms with Crippen molar-refractivity contribution in [1.82, 2.24) is 19.5 Å². The van der Waals surface area contributed by atoms with Crippen LogP contribution in [0.5, 0.6) is 0 Å². The third-order valence-corrected chi connectivity index (χ3v) is 1.99. The first kappa shape index (κ1) is 9.81. The van der Waals surface area contributed by atoms with E-state index in [1.165, 1.54) is 10.9 Å². The van der Waals surface area contributed by atoms with E-state index >= 15 is 0 Å². The lowest BCUT2D eigenvalue weighted by Crippen LogP contribution is -2.01. The fraction of sp³-hybridized carbons (Fsp3) is 0.100. The Balaban J connectivity index is 2.63. The molecule has 6 heteroatoms. The second kappa shape index (κ2) is 3.79. The zero-order chi connectivity index (χ0) is 11.5. The van der Waals surface area contributed by atoms with Crippen molar-refractivity contribution in [3.8, 4) is 18.0 Å². The Morgan fingerprint density at radius 1 is 1.25 bits per heavy atom. The smallest absolute Gasteiger partial charge is 0.177 e. The summed E-state index contributed by atoms with van der Waals surface area (Å²) in [7, 11) is 0. The van der Waals surface area contributed by atoms with Gasteiger partial charge in [-0.15, -0.1) is 0 Å². The molecule has 2 aromatic heterocycles. The molecular formula is C10H6N6. The molecular weight excluding hydrogens is 204 g/mol. The summed E-state index contributed by atoms with van der Waals surface area (Å²) in [4.78, 5) is 11.9. The van der Waals surface area contributed by atoms with E-state index in [0.717, 1.165) is 0 Å². The van der Waals surface area contributed by atoms with E-state index in [9.17, 15) is 0 Å². The quantitative estimate of drug-likeness (QED) is 0.691. The van der Waals surface area contributed by atoms with Gasteiger partial charge in [0.15, 0.2) is 11.4 Å². The maximum Gasteiger partial charge on any atom is 0.177 e. The van der Waals surface area contributed by atoms with Crippen molar-refractivity contribution in [2.75, 3.05) is 0 Å². The minimum Gasteiger partial charge on any atom is -0.273 e. The summed E-state index contributed by atoms with van der Waals surface area (Å²) in [6, 6.07) is 5.43. The van der Waals surface area contributed by atoms with Crippen molar-refractivity contribution in [2.45, 2.75) is 6.92 Å². The van der Waals surface area contributed by atoms with Crippen molar-refractivity contribution < 1.29 is 0 Å². The van der Waals surface area contributed by atoms with Crippen molar-refractivity contribution in [2.24, 2.45) is 0 Å². The zero-order valence-electron chi connectivity index (χ0n) is 8.42. The van der Waals surface area contributed by atoms with Crippen LogP contribution in [-0.2, 0) is 0 Å². The largest absolute Gasteiger partial charge is 0.273 e. The molecule has 0 N–H and O–H groups in total. The lowest BCUT2D eigenvalue weighted by Gasteiger charge is -2.02. The first-order chi connectivity index (χ1) is 7.76. The molecule has 2 aromatic rings. The molecule has 0 aromatic carbocycles. The Morgan fingerprint density at radius 2 is 2.06 bits per heavy atom. The van der Waals surface area contributed by atoms with Gasteiger partial charge in [-0.1, -0.05) is 0 Å². The van der Waals surface area contributed by atoms with Crippen LogP contribution >= 0.6 is 0 Å². The molecule has 0 aliphatic heterocycles. The van der Waals surface area contributed by atoms with Gasteiger partial charge in [-0.2, -0.15) is 10.5 Å². The number of nitrogens with zero attached hydrogens (tertiary/aromatic N) is 6. The molecule has 0 saturated heterocycles. The van der Waals surface area contributed by atoms with E-state index in [1.807, 2.05) is 12.1 Å². The van der Waals surface area contributed by atoms with Crippen LogP contribution in [0, 0.1) is 29.6 Å². The highest BCUT2D eigenvalue weighted by Gasteiger charge is 2.12. The van der Waals surface area contributed by atoms with Gasteiger partial charge in [-0.3, -0.25) is 4.57 Å². The SMILES string of the molecule is Cc1nccc(-n2cnc(C#N)c2C#N)n1. The maximum atomic E-state index is 8.94. The molecule has 0 radical (unpaired) electrons. The van der Waals surface area contributed by atoms with Gasteiger partial charge in [0.2, 0.25) is 0 Å². The van der Waals surface area contributed by atoms with E-state index < -0.39 is 0 Å². The summed E-state index contributed by atoms with van der Waals surface area (Å²) >= 11 is 0. The van der Waals surface area contributed by atoms with Crippen LogP contribution in [0.4, 0.5) is 0 Å². The molecule has 2 rings (SSSR count). The topological polar surface area (TPSA) is 91.2 Å². The molecule has 0 aliphatic rings. The van der Waals surface area contributed by atoms with Gasteiger partial charge in [0, 0.05) is 6.20 Å². The summed E-state index contributed by atoms with van der Waals surface area (Å²) in [5, 5.41) is 17.7. The summed E-state index contributed by atoms with van der Waals surface area (Å²) in [5.41, 5.74) is 0.277. The van der Waals surface area contributed by atoms with Gasteiger partial charge in [-0.25, -0.2) is 15.0 Å². The minimum absolute atomic E-state index is 0.0961. The monoisotopic (exact) mass is 210 g/mol. The average Bonchev–Trinajstić information content (AvgIpc) is 2.71. The number of nitriles is 2. The third-order valence-electron chi connectivity index (χ3n) is 1.99. The molecule has 0 fully saturated rings. The summed E-state index contributed by atoms with van der Waals surface area (Å²) in [6.45, 7) is 1.75. The number of aryl methyl sites for hydroxylation is 1. The standard InChI is InChI=1S/C10H6N6/c1-7-13-3-2-10(15-7)16-6-14-8(4-11)9(16)5-12/h2-3,6H,1H3. The molecule has 0 atom stereocenters. The summed E-state index contributed by atoms with van der Waals surface area (Å²) in [6.07, 6.45) is 2.99. The normalized spacial score (nSPS) is 9.44. The lowest BCUT2D eigenvalue weighted by molar-refractivity contribution is 0.926. The fourth-order valence-corrected chi connectivity index (χ4v) is 1.29. The second-order valence-corrected chi connectivity index (χ2v) is 3.00. The van der Waals surface area contributed by atoms with Crippen molar-refractivity contribution in [1.29, 1.82) is 10.5 Å². The van der Waals surface area contributed by atoms with Gasteiger partial charge < -0.3 is 0 Å². The first-order valence-electron chi connectivity index (χ1n) is 4.44. The van der Waals surface area contributed by atoms with E-state index in [1.54, 1.807) is 19.2 Å². The van der Waals surface area contributed by atoms with E-state index in [-0.39, 0.29) is 11.4 Å². The number of hydrogen-bond donors (Lipinski definition) is 0. The van der Waals surface area contributed by atoms with Gasteiger partial charge in [0.1, 0.15) is 30.1 Å². The molecule has 16 heavy (non-hydrogen) atoms. The predicted octanol–water partition coefficient (Wildman–Crippen LogP) is 0.714. The van der Waals surface area contributed by atoms with E-state index in [2.05, 4.69) is 15.0 Å². The van der Waals surface area contributed by atoms with Crippen LogP contribution in [0.3, 0.4) is 0 Å². The molecule has 0 bridgehead atoms. The summed E-state index contributed by atoms with van der Waals surface area (Å²) < 4.78 is 1.47. The van der Waals surface area contributed by atoms with Gasteiger partial charge in [0.25, 0.3) is 0 Å². The molecule has 6 nitrogen and oxygen atoms in total. The number of imidazole rings is 1. The Hall–Kier alpha value is -2.73. The molecule has 0 unspecified atom stereocenters. The predicted molar refractivity (Wildman–Crippen MR) is 53.3 cm³/mol. The van der Waals surface area contributed by atoms with Crippen molar-refractivity contribution in [3.63, 3.8) is 0 Å². The highest BCUT2D eigenvalue weighted by atomic mass is 15.1. The number of aromatic nitrogens is 4. The highest BCUT2D eigenvalue weighted by Crippen LogP contribution is 2.11. The Kier molecular flexibility index (Phi) is 2.33. The van der Waals surface area contributed by atoms with E-state index in [4.69, 9.17) is 10.5 Å². The first-order valence-corrected chi connectivity index (χ1v) is 4.44. The molecule has 0 aliphatic carbocycles. The minimum atomic E-state index is 0.0961. The Labute approximate surface area is 91.4 Å². The highest BCUT2D eigenvalue weighted by molar-refractivity contribution is 5.41. The molecule has 76 valence electrons. The number of hydrogen-bond acceptors (Lipinski definition) is 5. The molecule has 0 spiro atoms. The van der Waals surface area contributed by atoms with Crippen molar-refractivity contribution >= 4 is 0 Å². The number of rotatable bonds is 1. The van der Waals surface area contributed by atoms with Crippen molar-refractivity contribution in [3.05, 3.63) is 35.8 Å². The van der Waals surface area contributed by atoms with Crippen LogP contribution in [0.15, 0.2) is 18.6 Å². The Morgan fingerprint density at radius 3 is 2.69 bits per heavy atom. The van der Waals surface area contributed by atoms with Crippen LogP contribution in [-0.4, -0.2) is 19.5 Å². The second-order valence-electron chi connectivity index (χ2n) is 3.00. The summed E-state index contributed by atoms with van der Waals surface area (Å²) in [5.74, 6) is 1.12. The molecule has 0 amide bonds.